The van der Waals surface area contributed by atoms with Crippen LogP contribution in [0.25, 0.3) is 0 Å². The first-order chi connectivity index (χ1) is 9.60. The Bertz CT molecular complexity index is 696. The molecule has 1 amide bonds. The van der Waals surface area contributed by atoms with Gasteiger partial charge in [-0.25, -0.2) is 4.79 Å². The van der Waals surface area contributed by atoms with Crippen molar-refractivity contribution in [2.75, 3.05) is 5.32 Å². The number of amides is 1. The molecule has 20 heavy (non-hydrogen) atoms. The highest BCUT2D eigenvalue weighted by Gasteiger charge is 2.08. The lowest BCUT2D eigenvalue weighted by atomic mass is 10.1. The van der Waals surface area contributed by atoms with Crippen molar-refractivity contribution < 1.29 is 14.7 Å². The maximum atomic E-state index is 12.0. The molecule has 0 aliphatic carbocycles. The molecule has 0 fully saturated rings. The number of hydrogen-bond donors (Lipinski definition) is 2. The molecule has 0 saturated heterocycles. The van der Waals surface area contributed by atoms with Crippen molar-refractivity contribution >= 4 is 17.6 Å². The van der Waals surface area contributed by atoms with Crippen LogP contribution in [0.15, 0.2) is 48.5 Å². The zero-order chi connectivity index (χ0) is 14.5. The molecule has 0 atom stereocenters. The molecule has 4 heteroatoms. The van der Waals surface area contributed by atoms with Gasteiger partial charge >= 0.3 is 5.97 Å². The monoisotopic (exact) mass is 265 g/mol. The molecule has 2 aromatic carbocycles. The second-order valence-electron chi connectivity index (χ2n) is 4.06. The summed E-state index contributed by atoms with van der Waals surface area (Å²) in [4.78, 5) is 22.8. The Morgan fingerprint density at radius 2 is 1.75 bits per heavy atom. The lowest BCUT2D eigenvalue weighted by Crippen LogP contribution is -2.12. The van der Waals surface area contributed by atoms with E-state index in [-0.39, 0.29) is 11.5 Å². The van der Waals surface area contributed by atoms with Crippen LogP contribution in [0, 0.1) is 12.3 Å². The molecular formula is C16H11NO3. The molecule has 2 rings (SSSR count). The number of nitrogens with one attached hydrogen (secondary N) is 1. The van der Waals surface area contributed by atoms with E-state index in [1.54, 1.807) is 36.4 Å². The van der Waals surface area contributed by atoms with Gasteiger partial charge < -0.3 is 10.4 Å². The van der Waals surface area contributed by atoms with E-state index in [1.165, 1.54) is 12.1 Å². The van der Waals surface area contributed by atoms with E-state index in [0.717, 1.165) is 0 Å². The van der Waals surface area contributed by atoms with E-state index in [0.29, 0.717) is 16.8 Å². The summed E-state index contributed by atoms with van der Waals surface area (Å²) in [5, 5.41) is 11.5. The minimum atomic E-state index is -1.04. The molecule has 0 saturated carbocycles. The molecule has 0 aliphatic heterocycles. The first-order valence-electron chi connectivity index (χ1n) is 5.81. The Kier molecular flexibility index (Phi) is 3.82. The fourth-order valence-electron chi connectivity index (χ4n) is 1.65. The van der Waals surface area contributed by atoms with Crippen LogP contribution in [0.1, 0.15) is 26.3 Å². The van der Waals surface area contributed by atoms with Gasteiger partial charge in [-0.05, 0) is 42.5 Å². The summed E-state index contributed by atoms with van der Waals surface area (Å²) in [6.07, 6.45) is 5.24. The van der Waals surface area contributed by atoms with Crippen LogP contribution < -0.4 is 5.32 Å². The van der Waals surface area contributed by atoms with Crippen LogP contribution >= 0.6 is 0 Å². The fraction of sp³-hybridized carbons (Fsp3) is 0. The summed E-state index contributed by atoms with van der Waals surface area (Å²) >= 11 is 0. The lowest BCUT2D eigenvalue weighted by molar-refractivity contribution is 0.0696. The molecule has 0 bridgehead atoms. The van der Waals surface area contributed by atoms with Crippen molar-refractivity contribution in [1.82, 2.24) is 0 Å². The quantitative estimate of drug-likeness (QED) is 0.838. The van der Waals surface area contributed by atoms with E-state index in [4.69, 9.17) is 11.5 Å². The number of hydrogen-bond acceptors (Lipinski definition) is 2. The summed E-state index contributed by atoms with van der Waals surface area (Å²) in [5.41, 5.74) is 1.68. The standard InChI is InChI=1S/C16H11NO3/c1-2-11-6-8-12(9-7-11)15(18)17-14-5-3-4-13(10-14)16(19)20/h1,3-10H,(H,17,18)(H,19,20). The van der Waals surface area contributed by atoms with Gasteiger partial charge in [-0.3, -0.25) is 4.79 Å². The van der Waals surface area contributed by atoms with Gasteiger partial charge in [-0.1, -0.05) is 12.0 Å². The highest BCUT2D eigenvalue weighted by atomic mass is 16.4. The Labute approximate surface area is 116 Å². The van der Waals surface area contributed by atoms with E-state index in [1.807, 2.05) is 0 Å². The maximum absolute atomic E-state index is 12.0. The van der Waals surface area contributed by atoms with Crippen LogP contribution in [-0.4, -0.2) is 17.0 Å². The van der Waals surface area contributed by atoms with Crippen molar-refractivity contribution in [1.29, 1.82) is 0 Å². The molecular weight excluding hydrogens is 254 g/mol. The SMILES string of the molecule is C#Cc1ccc(C(=O)Nc2cccc(C(=O)O)c2)cc1. The largest absolute Gasteiger partial charge is 0.478 e. The minimum Gasteiger partial charge on any atom is -0.478 e. The highest BCUT2D eigenvalue weighted by Crippen LogP contribution is 2.13. The smallest absolute Gasteiger partial charge is 0.335 e. The Balaban J connectivity index is 2.17. The molecule has 4 nitrogen and oxygen atoms in total. The van der Waals surface area contributed by atoms with Crippen molar-refractivity contribution in [2.45, 2.75) is 0 Å². The number of carbonyl (C=O) groups is 2. The van der Waals surface area contributed by atoms with Crippen LogP contribution in [0.4, 0.5) is 5.69 Å². The Morgan fingerprint density at radius 3 is 2.35 bits per heavy atom. The van der Waals surface area contributed by atoms with Crippen LogP contribution in [0.3, 0.4) is 0 Å². The number of rotatable bonds is 3. The average Bonchev–Trinajstić information content (AvgIpc) is 2.47. The third kappa shape index (κ3) is 3.03. The molecule has 2 N–H and O–H groups in total. The van der Waals surface area contributed by atoms with Crippen molar-refractivity contribution in [3.05, 3.63) is 65.2 Å². The molecule has 98 valence electrons. The van der Waals surface area contributed by atoms with Gasteiger partial charge in [0.1, 0.15) is 0 Å². The third-order valence-corrected chi connectivity index (χ3v) is 2.68. The van der Waals surface area contributed by atoms with Gasteiger partial charge in [0.2, 0.25) is 0 Å². The second-order valence-corrected chi connectivity index (χ2v) is 4.06. The topological polar surface area (TPSA) is 66.4 Å². The van der Waals surface area contributed by atoms with Gasteiger partial charge in [0.15, 0.2) is 0 Å². The zero-order valence-corrected chi connectivity index (χ0v) is 10.5. The summed E-state index contributed by atoms with van der Waals surface area (Å²) in [7, 11) is 0. The highest BCUT2D eigenvalue weighted by molar-refractivity contribution is 6.04. The second kappa shape index (κ2) is 5.72. The van der Waals surface area contributed by atoms with Crippen molar-refractivity contribution in [2.24, 2.45) is 0 Å². The number of benzene rings is 2. The van der Waals surface area contributed by atoms with Gasteiger partial charge in [-0.15, -0.1) is 6.42 Å². The molecule has 0 heterocycles. The van der Waals surface area contributed by atoms with E-state index < -0.39 is 5.97 Å². The first-order valence-corrected chi connectivity index (χ1v) is 5.81. The number of aromatic carboxylic acids is 1. The Morgan fingerprint density at radius 1 is 1.05 bits per heavy atom. The van der Waals surface area contributed by atoms with E-state index in [2.05, 4.69) is 11.2 Å². The molecule has 0 aliphatic rings. The summed E-state index contributed by atoms with van der Waals surface area (Å²) in [5.74, 6) is 1.10. The van der Waals surface area contributed by atoms with Gasteiger partial charge in [-0.2, -0.15) is 0 Å². The molecule has 2 aromatic rings. The van der Waals surface area contributed by atoms with Gasteiger partial charge in [0, 0.05) is 16.8 Å². The first kappa shape index (κ1) is 13.4. The van der Waals surface area contributed by atoms with E-state index in [9.17, 15) is 9.59 Å². The number of carboxylic acid groups (broad SMARTS) is 1. The lowest BCUT2D eigenvalue weighted by Gasteiger charge is -2.06. The van der Waals surface area contributed by atoms with Crippen LogP contribution in [0.5, 0.6) is 0 Å². The molecule has 0 radical (unpaired) electrons. The summed E-state index contributed by atoms with van der Waals surface area (Å²) in [6, 6.07) is 12.6. The van der Waals surface area contributed by atoms with E-state index >= 15 is 0 Å². The summed E-state index contributed by atoms with van der Waals surface area (Å²) < 4.78 is 0. The summed E-state index contributed by atoms with van der Waals surface area (Å²) in [6.45, 7) is 0. The molecule has 0 unspecified atom stereocenters. The Hall–Kier alpha value is -3.06. The number of terminal acetylenes is 1. The van der Waals surface area contributed by atoms with Crippen molar-refractivity contribution in [3.63, 3.8) is 0 Å². The maximum Gasteiger partial charge on any atom is 0.335 e. The molecule has 0 aromatic heterocycles. The number of carboxylic acids is 1. The predicted octanol–water partition coefficient (Wildman–Crippen LogP) is 2.62. The normalized spacial score (nSPS) is 9.55. The van der Waals surface area contributed by atoms with Crippen LogP contribution in [0.2, 0.25) is 0 Å². The van der Waals surface area contributed by atoms with Crippen molar-refractivity contribution in [3.8, 4) is 12.3 Å². The predicted molar refractivity (Wildman–Crippen MR) is 75.7 cm³/mol. The molecule has 0 spiro atoms. The van der Waals surface area contributed by atoms with Gasteiger partial charge in [0.25, 0.3) is 5.91 Å². The number of anilines is 1. The third-order valence-electron chi connectivity index (χ3n) is 2.68. The number of carbonyl (C=O) groups excluding carboxylic acids is 1. The fourth-order valence-corrected chi connectivity index (χ4v) is 1.65. The van der Waals surface area contributed by atoms with Gasteiger partial charge in [0.05, 0.1) is 5.56 Å². The zero-order valence-electron chi connectivity index (χ0n) is 10.5. The minimum absolute atomic E-state index is 0.116. The van der Waals surface area contributed by atoms with Crippen LogP contribution in [-0.2, 0) is 0 Å². The average molecular weight is 265 g/mol.